The Morgan fingerprint density at radius 3 is 2.42 bits per heavy atom. The van der Waals surface area contributed by atoms with Gasteiger partial charge >= 0.3 is 0 Å². The van der Waals surface area contributed by atoms with Gasteiger partial charge in [-0.15, -0.1) is 0 Å². The first kappa shape index (κ1) is 14.2. The van der Waals surface area contributed by atoms with Gasteiger partial charge in [-0.25, -0.2) is 4.39 Å². The minimum absolute atomic E-state index is 0.267. The molecule has 0 unspecified atom stereocenters. The topological polar surface area (TPSA) is 35.2 Å². The van der Waals surface area contributed by atoms with Crippen molar-refractivity contribution in [2.75, 3.05) is 0 Å². The highest BCUT2D eigenvalue weighted by molar-refractivity contribution is 9.10. The second-order valence-corrected chi connectivity index (χ2v) is 5.15. The third-order valence-corrected chi connectivity index (χ3v) is 3.36. The van der Waals surface area contributed by atoms with Crippen molar-refractivity contribution in [2.24, 2.45) is 5.73 Å². The minimum Gasteiger partial charge on any atom is -0.372 e. The summed E-state index contributed by atoms with van der Waals surface area (Å²) in [5, 5.41) is 0. The molecule has 0 aliphatic carbocycles. The van der Waals surface area contributed by atoms with Crippen LogP contribution in [0.1, 0.15) is 16.7 Å². The van der Waals surface area contributed by atoms with Gasteiger partial charge in [0.25, 0.3) is 0 Å². The van der Waals surface area contributed by atoms with Crippen molar-refractivity contribution in [3.05, 3.63) is 69.4 Å². The highest BCUT2D eigenvalue weighted by Gasteiger charge is 2.03. The second kappa shape index (κ2) is 6.80. The fourth-order valence-electron chi connectivity index (χ4n) is 1.78. The Hall–Kier alpha value is -1.23. The monoisotopic (exact) mass is 323 g/mol. The molecule has 2 rings (SSSR count). The Kier molecular flexibility index (Phi) is 5.07. The van der Waals surface area contributed by atoms with Crippen LogP contribution in [0.4, 0.5) is 4.39 Å². The van der Waals surface area contributed by atoms with Crippen molar-refractivity contribution in [1.29, 1.82) is 0 Å². The second-order valence-electron chi connectivity index (χ2n) is 4.24. The first-order valence-corrected chi connectivity index (χ1v) is 6.78. The Labute approximate surface area is 120 Å². The third kappa shape index (κ3) is 4.13. The van der Waals surface area contributed by atoms with Gasteiger partial charge < -0.3 is 10.5 Å². The number of halogens is 2. The van der Waals surface area contributed by atoms with Crippen molar-refractivity contribution >= 4 is 15.9 Å². The zero-order valence-electron chi connectivity index (χ0n) is 10.4. The maximum Gasteiger partial charge on any atom is 0.123 e. The fourth-order valence-corrected chi connectivity index (χ4v) is 2.05. The van der Waals surface area contributed by atoms with E-state index in [1.165, 1.54) is 12.1 Å². The predicted octanol–water partition coefficient (Wildman–Crippen LogP) is 3.76. The van der Waals surface area contributed by atoms with Gasteiger partial charge in [0, 0.05) is 11.0 Å². The Balaban J connectivity index is 1.94. The molecule has 100 valence electrons. The van der Waals surface area contributed by atoms with Gasteiger partial charge in [-0.1, -0.05) is 34.1 Å². The SMILES string of the molecule is NCc1cc(F)ccc1COCc1ccc(Br)cc1. The highest BCUT2D eigenvalue weighted by atomic mass is 79.9. The largest absolute Gasteiger partial charge is 0.372 e. The van der Waals surface area contributed by atoms with E-state index in [0.29, 0.717) is 19.8 Å². The van der Waals surface area contributed by atoms with Gasteiger partial charge in [-0.2, -0.15) is 0 Å². The van der Waals surface area contributed by atoms with E-state index in [0.717, 1.165) is 21.2 Å². The van der Waals surface area contributed by atoms with Gasteiger partial charge in [-0.05, 0) is 41.0 Å². The standard InChI is InChI=1S/C15H15BrFNO/c16-14-4-1-11(2-5-14)9-19-10-12-3-6-15(17)7-13(12)8-18/h1-7H,8-10,18H2. The first-order valence-electron chi connectivity index (χ1n) is 5.98. The molecule has 0 bridgehead atoms. The van der Waals surface area contributed by atoms with Gasteiger partial charge in [0.2, 0.25) is 0 Å². The first-order chi connectivity index (χ1) is 9.19. The molecule has 2 aromatic rings. The van der Waals surface area contributed by atoms with Crippen LogP contribution in [-0.4, -0.2) is 0 Å². The summed E-state index contributed by atoms with van der Waals surface area (Å²) >= 11 is 3.39. The molecule has 0 aromatic heterocycles. The van der Waals surface area contributed by atoms with Gasteiger partial charge in [0.1, 0.15) is 5.82 Å². The van der Waals surface area contributed by atoms with Crippen molar-refractivity contribution in [3.63, 3.8) is 0 Å². The molecule has 0 fully saturated rings. The highest BCUT2D eigenvalue weighted by Crippen LogP contribution is 2.14. The lowest BCUT2D eigenvalue weighted by molar-refractivity contribution is 0.106. The van der Waals surface area contributed by atoms with Crippen LogP contribution in [0.5, 0.6) is 0 Å². The average molecular weight is 324 g/mol. The van der Waals surface area contributed by atoms with Crippen molar-refractivity contribution in [2.45, 2.75) is 19.8 Å². The van der Waals surface area contributed by atoms with Crippen molar-refractivity contribution in [1.82, 2.24) is 0 Å². The van der Waals surface area contributed by atoms with E-state index in [2.05, 4.69) is 15.9 Å². The van der Waals surface area contributed by atoms with Crippen LogP contribution >= 0.6 is 15.9 Å². The fraction of sp³-hybridized carbons (Fsp3) is 0.200. The minimum atomic E-state index is -0.267. The number of hydrogen-bond donors (Lipinski definition) is 1. The quantitative estimate of drug-likeness (QED) is 0.909. The van der Waals surface area contributed by atoms with Crippen LogP contribution in [0.3, 0.4) is 0 Å². The summed E-state index contributed by atoms with van der Waals surface area (Å²) in [6, 6.07) is 12.6. The number of hydrogen-bond acceptors (Lipinski definition) is 2. The normalized spacial score (nSPS) is 10.7. The Bertz CT molecular complexity index is 542. The molecule has 19 heavy (non-hydrogen) atoms. The molecule has 0 atom stereocenters. The zero-order chi connectivity index (χ0) is 13.7. The van der Waals surface area contributed by atoms with Gasteiger partial charge in [0.15, 0.2) is 0 Å². The number of rotatable bonds is 5. The lowest BCUT2D eigenvalue weighted by atomic mass is 10.1. The molecule has 2 aromatic carbocycles. The molecule has 0 spiro atoms. The molecule has 0 saturated heterocycles. The van der Waals surface area contributed by atoms with E-state index in [1.54, 1.807) is 6.07 Å². The summed E-state index contributed by atoms with van der Waals surface area (Å²) in [7, 11) is 0. The third-order valence-electron chi connectivity index (χ3n) is 2.83. The van der Waals surface area contributed by atoms with Crippen LogP contribution in [0, 0.1) is 5.82 Å². The maximum absolute atomic E-state index is 13.1. The number of nitrogens with two attached hydrogens (primary N) is 1. The van der Waals surface area contributed by atoms with E-state index < -0.39 is 0 Å². The van der Waals surface area contributed by atoms with Crippen LogP contribution in [0.15, 0.2) is 46.9 Å². The molecule has 0 amide bonds. The van der Waals surface area contributed by atoms with Gasteiger partial charge in [0.05, 0.1) is 13.2 Å². The summed E-state index contributed by atoms with van der Waals surface area (Å²) < 4.78 is 19.7. The molecule has 4 heteroatoms. The smallest absolute Gasteiger partial charge is 0.123 e. The van der Waals surface area contributed by atoms with Crippen LogP contribution < -0.4 is 5.73 Å². The summed E-state index contributed by atoms with van der Waals surface area (Å²) in [6.45, 7) is 1.27. The van der Waals surface area contributed by atoms with E-state index >= 15 is 0 Å². The number of ether oxygens (including phenoxy) is 1. The van der Waals surface area contributed by atoms with E-state index in [4.69, 9.17) is 10.5 Å². The molecule has 0 radical (unpaired) electrons. The molecule has 0 heterocycles. The van der Waals surface area contributed by atoms with Crippen molar-refractivity contribution in [3.8, 4) is 0 Å². The molecular weight excluding hydrogens is 309 g/mol. The lowest BCUT2D eigenvalue weighted by Gasteiger charge is -2.09. The Morgan fingerprint density at radius 2 is 1.74 bits per heavy atom. The van der Waals surface area contributed by atoms with Gasteiger partial charge in [-0.3, -0.25) is 0 Å². The van der Waals surface area contributed by atoms with Crippen LogP contribution in [-0.2, 0) is 24.5 Å². The zero-order valence-corrected chi connectivity index (χ0v) is 12.0. The summed E-state index contributed by atoms with van der Waals surface area (Å²) in [5.41, 5.74) is 8.41. The molecule has 2 N–H and O–H groups in total. The summed E-state index contributed by atoms with van der Waals surface area (Å²) in [6.07, 6.45) is 0. The van der Waals surface area contributed by atoms with E-state index in [1.807, 2.05) is 24.3 Å². The molecule has 0 aliphatic heterocycles. The predicted molar refractivity (Wildman–Crippen MR) is 76.9 cm³/mol. The molecule has 0 aliphatic rings. The number of benzene rings is 2. The molecular formula is C15H15BrFNO. The summed E-state index contributed by atoms with van der Waals surface area (Å²) in [4.78, 5) is 0. The van der Waals surface area contributed by atoms with E-state index in [-0.39, 0.29) is 5.82 Å². The summed E-state index contributed by atoms with van der Waals surface area (Å²) in [5.74, 6) is -0.267. The van der Waals surface area contributed by atoms with Crippen molar-refractivity contribution < 1.29 is 9.13 Å². The molecule has 0 saturated carbocycles. The average Bonchev–Trinajstić information content (AvgIpc) is 2.42. The lowest BCUT2D eigenvalue weighted by Crippen LogP contribution is -2.04. The van der Waals surface area contributed by atoms with E-state index in [9.17, 15) is 4.39 Å². The Morgan fingerprint density at radius 1 is 1.00 bits per heavy atom. The molecule has 2 nitrogen and oxygen atoms in total. The van der Waals surface area contributed by atoms with Crippen LogP contribution in [0.2, 0.25) is 0 Å². The maximum atomic E-state index is 13.1. The van der Waals surface area contributed by atoms with Crippen LogP contribution in [0.25, 0.3) is 0 Å².